The number of carbonyl (C=O) groups excluding carboxylic acids is 1. The molecule has 0 radical (unpaired) electrons. The van der Waals surface area contributed by atoms with Gasteiger partial charge in [0, 0.05) is 40.7 Å². The zero-order valence-corrected chi connectivity index (χ0v) is 11.6. The maximum atomic E-state index is 12.4. The molecule has 0 atom stereocenters. The van der Waals surface area contributed by atoms with Crippen LogP contribution in [0.3, 0.4) is 0 Å². The highest BCUT2D eigenvalue weighted by molar-refractivity contribution is 6.06. The lowest BCUT2D eigenvalue weighted by Crippen LogP contribution is -2.11. The van der Waals surface area contributed by atoms with E-state index in [1.54, 1.807) is 30.6 Å². The monoisotopic (exact) mass is 288 g/mol. The average Bonchev–Trinajstić information content (AvgIpc) is 3.02. The number of aromatic nitrogens is 3. The normalized spacial score (nSPS) is 10.9. The highest BCUT2D eigenvalue weighted by atomic mass is 16.1. The molecule has 2 heterocycles. The van der Waals surface area contributed by atoms with Gasteiger partial charge in [0.25, 0.3) is 5.91 Å². The number of fused-ring (bicyclic) bond motifs is 2. The molecule has 1 amide bonds. The van der Waals surface area contributed by atoms with Gasteiger partial charge in [0.05, 0.1) is 11.0 Å². The van der Waals surface area contributed by atoms with Crippen LogP contribution < -0.4 is 5.32 Å². The van der Waals surface area contributed by atoms with Crippen LogP contribution in [0.2, 0.25) is 0 Å². The fourth-order valence-electron chi connectivity index (χ4n) is 2.44. The van der Waals surface area contributed by atoms with E-state index in [0.717, 1.165) is 22.1 Å². The topological polar surface area (TPSA) is 70.7 Å². The number of aromatic amines is 1. The second kappa shape index (κ2) is 4.96. The maximum absolute atomic E-state index is 12.4. The summed E-state index contributed by atoms with van der Waals surface area (Å²) in [6, 6.07) is 13.0. The van der Waals surface area contributed by atoms with Crippen LogP contribution in [-0.4, -0.2) is 20.9 Å². The van der Waals surface area contributed by atoms with E-state index in [2.05, 4.69) is 20.3 Å². The standard InChI is InChI=1S/C17H12N4O/c22-17(12-1-3-15-16(10-12)20-8-7-19-15)21-13-2-4-14-11(9-13)5-6-18-14/h1-10,18H,(H,21,22). The van der Waals surface area contributed by atoms with Crippen LogP contribution in [0, 0.1) is 0 Å². The predicted octanol–water partition coefficient (Wildman–Crippen LogP) is 3.36. The number of anilines is 1. The number of nitrogens with zero attached hydrogens (tertiary/aromatic N) is 2. The lowest BCUT2D eigenvalue weighted by atomic mass is 10.1. The molecule has 0 spiro atoms. The van der Waals surface area contributed by atoms with Gasteiger partial charge in [-0.15, -0.1) is 0 Å². The number of amides is 1. The van der Waals surface area contributed by atoms with Crippen molar-refractivity contribution in [2.75, 3.05) is 5.32 Å². The first-order valence-electron chi connectivity index (χ1n) is 6.89. The second-order valence-electron chi connectivity index (χ2n) is 4.99. The van der Waals surface area contributed by atoms with Crippen LogP contribution in [0.1, 0.15) is 10.4 Å². The van der Waals surface area contributed by atoms with Gasteiger partial charge in [-0.05, 0) is 42.5 Å². The molecule has 5 nitrogen and oxygen atoms in total. The third kappa shape index (κ3) is 2.18. The van der Waals surface area contributed by atoms with E-state index in [-0.39, 0.29) is 5.91 Å². The van der Waals surface area contributed by atoms with E-state index in [4.69, 9.17) is 0 Å². The molecule has 2 aromatic heterocycles. The van der Waals surface area contributed by atoms with E-state index >= 15 is 0 Å². The largest absolute Gasteiger partial charge is 0.361 e. The molecule has 0 saturated carbocycles. The van der Waals surface area contributed by atoms with E-state index < -0.39 is 0 Å². The average molecular weight is 288 g/mol. The van der Waals surface area contributed by atoms with E-state index in [1.165, 1.54) is 0 Å². The van der Waals surface area contributed by atoms with Crippen molar-refractivity contribution in [3.05, 3.63) is 66.6 Å². The molecule has 0 saturated heterocycles. The molecular formula is C17H12N4O. The number of nitrogens with one attached hydrogen (secondary N) is 2. The van der Waals surface area contributed by atoms with Gasteiger partial charge in [0.2, 0.25) is 0 Å². The van der Waals surface area contributed by atoms with Crippen molar-refractivity contribution in [1.82, 2.24) is 15.0 Å². The van der Waals surface area contributed by atoms with Gasteiger partial charge >= 0.3 is 0 Å². The molecule has 5 heteroatoms. The fourth-order valence-corrected chi connectivity index (χ4v) is 2.44. The first-order valence-corrected chi connectivity index (χ1v) is 6.89. The number of rotatable bonds is 2. The van der Waals surface area contributed by atoms with E-state index in [9.17, 15) is 4.79 Å². The molecule has 0 aliphatic heterocycles. The molecule has 2 aromatic carbocycles. The number of benzene rings is 2. The third-order valence-corrected chi connectivity index (χ3v) is 3.54. The van der Waals surface area contributed by atoms with Gasteiger partial charge in [-0.3, -0.25) is 14.8 Å². The Hall–Kier alpha value is -3.21. The van der Waals surface area contributed by atoms with Crippen molar-refractivity contribution in [1.29, 1.82) is 0 Å². The molecule has 0 fully saturated rings. The minimum absolute atomic E-state index is 0.164. The Morgan fingerprint density at radius 3 is 2.73 bits per heavy atom. The van der Waals surface area contributed by atoms with Crippen LogP contribution in [0.4, 0.5) is 5.69 Å². The van der Waals surface area contributed by atoms with Crippen molar-refractivity contribution in [2.45, 2.75) is 0 Å². The zero-order chi connectivity index (χ0) is 14.9. The van der Waals surface area contributed by atoms with Gasteiger partial charge in [-0.25, -0.2) is 0 Å². The summed E-state index contributed by atoms with van der Waals surface area (Å²) in [5.74, 6) is -0.164. The summed E-state index contributed by atoms with van der Waals surface area (Å²) in [7, 11) is 0. The molecule has 0 aliphatic rings. The highest BCUT2D eigenvalue weighted by Crippen LogP contribution is 2.19. The Kier molecular flexibility index (Phi) is 2.83. The maximum Gasteiger partial charge on any atom is 0.255 e. The second-order valence-corrected chi connectivity index (χ2v) is 4.99. The number of hydrogen-bond acceptors (Lipinski definition) is 3. The third-order valence-electron chi connectivity index (χ3n) is 3.54. The summed E-state index contributed by atoms with van der Waals surface area (Å²) in [4.78, 5) is 23.9. The van der Waals surface area contributed by atoms with Crippen molar-refractivity contribution in [3.8, 4) is 0 Å². The van der Waals surface area contributed by atoms with Crippen molar-refractivity contribution in [3.63, 3.8) is 0 Å². The Morgan fingerprint density at radius 2 is 1.82 bits per heavy atom. The van der Waals surface area contributed by atoms with Crippen molar-refractivity contribution in [2.24, 2.45) is 0 Å². The van der Waals surface area contributed by atoms with Crippen LogP contribution in [0.5, 0.6) is 0 Å². The first-order chi connectivity index (χ1) is 10.8. The van der Waals surface area contributed by atoms with Gasteiger partial charge in [0.15, 0.2) is 0 Å². The SMILES string of the molecule is O=C(Nc1ccc2[nH]ccc2c1)c1ccc2nccnc2c1. The summed E-state index contributed by atoms with van der Waals surface area (Å²) in [5.41, 5.74) is 3.83. The van der Waals surface area contributed by atoms with Gasteiger partial charge in [-0.2, -0.15) is 0 Å². The zero-order valence-electron chi connectivity index (χ0n) is 11.6. The molecule has 0 aliphatic carbocycles. The summed E-state index contributed by atoms with van der Waals surface area (Å²) in [5, 5.41) is 3.96. The summed E-state index contributed by atoms with van der Waals surface area (Å²) >= 11 is 0. The number of H-pyrrole nitrogens is 1. The minimum Gasteiger partial charge on any atom is -0.361 e. The smallest absolute Gasteiger partial charge is 0.255 e. The Bertz CT molecular complexity index is 990. The van der Waals surface area contributed by atoms with Crippen LogP contribution >= 0.6 is 0 Å². The van der Waals surface area contributed by atoms with Gasteiger partial charge in [-0.1, -0.05) is 0 Å². The molecule has 22 heavy (non-hydrogen) atoms. The minimum atomic E-state index is -0.164. The van der Waals surface area contributed by atoms with Crippen LogP contribution in [0.15, 0.2) is 61.1 Å². The highest BCUT2D eigenvalue weighted by Gasteiger charge is 2.08. The van der Waals surface area contributed by atoms with Crippen LogP contribution in [-0.2, 0) is 0 Å². The molecular weight excluding hydrogens is 276 g/mol. The fraction of sp³-hybridized carbons (Fsp3) is 0. The van der Waals surface area contributed by atoms with Gasteiger partial charge < -0.3 is 10.3 Å². The summed E-state index contributed by atoms with van der Waals surface area (Å²) < 4.78 is 0. The van der Waals surface area contributed by atoms with E-state index in [0.29, 0.717) is 11.1 Å². The summed E-state index contributed by atoms with van der Waals surface area (Å²) in [6.07, 6.45) is 5.12. The lowest BCUT2D eigenvalue weighted by Gasteiger charge is -2.06. The lowest BCUT2D eigenvalue weighted by molar-refractivity contribution is 0.102. The van der Waals surface area contributed by atoms with E-state index in [1.807, 2.05) is 30.5 Å². The number of hydrogen-bond donors (Lipinski definition) is 2. The molecule has 106 valence electrons. The molecule has 2 N–H and O–H groups in total. The van der Waals surface area contributed by atoms with Crippen molar-refractivity contribution >= 4 is 33.5 Å². The summed E-state index contributed by atoms with van der Waals surface area (Å²) in [6.45, 7) is 0. The Morgan fingerprint density at radius 1 is 0.955 bits per heavy atom. The van der Waals surface area contributed by atoms with Gasteiger partial charge in [0.1, 0.15) is 0 Å². The van der Waals surface area contributed by atoms with Crippen molar-refractivity contribution < 1.29 is 4.79 Å². The molecule has 0 unspecified atom stereocenters. The Balaban J connectivity index is 1.64. The first kappa shape index (κ1) is 12.5. The molecule has 4 rings (SSSR count). The van der Waals surface area contributed by atoms with Crippen LogP contribution in [0.25, 0.3) is 21.9 Å². The quantitative estimate of drug-likeness (QED) is 0.594. The molecule has 4 aromatic rings. The number of carbonyl (C=O) groups is 1. The Labute approximate surface area is 126 Å². The predicted molar refractivity (Wildman–Crippen MR) is 85.8 cm³/mol. The molecule has 0 bridgehead atoms.